The second-order valence-electron chi connectivity index (χ2n) is 7.78. The van der Waals surface area contributed by atoms with E-state index in [0.29, 0.717) is 6.42 Å². The Balaban J connectivity index is 2.11. The monoisotopic (exact) mass is 463 g/mol. The van der Waals surface area contributed by atoms with Gasteiger partial charge in [0.15, 0.2) is 0 Å². The predicted molar refractivity (Wildman–Crippen MR) is 99.7 cm³/mol. The summed E-state index contributed by atoms with van der Waals surface area (Å²) in [5.74, 6) is -8.40. The molecule has 1 saturated heterocycles. The zero-order valence-corrected chi connectivity index (χ0v) is 16.9. The van der Waals surface area contributed by atoms with Crippen LogP contribution in [0, 0.1) is 10.1 Å². The first-order chi connectivity index (χ1) is 14.7. The summed E-state index contributed by atoms with van der Waals surface area (Å²) in [6, 6.07) is 3.61. The van der Waals surface area contributed by atoms with Crippen molar-refractivity contribution in [3.63, 3.8) is 0 Å². The Morgan fingerprint density at radius 1 is 1.28 bits per heavy atom. The molecule has 8 nitrogen and oxygen atoms in total. The number of rotatable bonds is 5. The molecule has 1 aromatic rings. The molecule has 32 heavy (non-hydrogen) atoms. The number of carbonyl (C=O) groups excluding carboxylic acids is 2. The number of nitro benzene ring substituents is 1. The van der Waals surface area contributed by atoms with Gasteiger partial charge in [0.05, 0.1) is 10.6 Å². The average Bonchev–Trinajstić information content (AvgIpc) is 3.09. The Labute approximate surface area is 178 Å². The molecule has 3 rings (SSSR count). The number of nitrogens with zero attached hydrogens (tertiary/aromatic N) is 2. The maximum Gasteiger partial charge on any atom is 0.463 e. The molecule has 0 aromatic heterocycles. The lowest BCUT2D eigenvalue weighted by atomic mass is 9.88. The van der Waals surface area contributed by atoms with Crippen LogP contribution in [0.15, 0.2) is 23.8 Å². The van der Waals surface area contributed by atoms with Gasteiger partial charge in [0.1, 0.15) is 11.4 Å². The fourth-order valence-electron chi connectivity index (χ4n) is 3.59. The second-order valence-corrected chi connectivity index (χ2v) is 7.78. The van der Waals surface area contributed by atoms with Crippen molar-refractivity contribution in [3.05, 3.63) is 39.4 Å². The van der Waals surface area contributed by atoms with Crippen LogP contribution in [0.3, 0.4) is 0 Å². The van der Waals surface area contributed by atoms with Crippen LogP contribution in [0.4, 0.5) is 27.6 Å². The molecule has 2 aliphatic heterocycles. The highest BCUT2D eigenvalue weighted by Crippen LogP contribution is 2.45. The number of alkyl halides is 5. The number of ether oxygens (including phenoxy) is 1. The lowest BCUT2D eigenvalue weighted by Gasteiger charge is -2.39. The number of nitrogens with one attached hydrogen (secondary N) is 1. The van der Waals surface area contributed by atoms with Crippen LogP contribution in [-0.2, 0) is 9.59 Å². The van der Waals surface area contributed by atoms with Crippen LogP contribution < -0.4 is 10.1 Å². The molecule has 2 aliphatic rings. The van der Waals surface area contributed by atoms with Gasteiger partial charge in [-0.3, -0.25) is 19.7 Å². The summed E-state index contributed by atoms with van der Waals surface area (Å²) in [6.45, 7) is 2.34. The number of nitro groups is 1. The van der Waals surface area contributed by atoms with Gasteiger partial charge in [-0.2, -0.15) is 22.0 Å². The molecule has 1 aromatic carbocycles. The van der Waals surface area contributed by atoms with E-state index in [1.54, 1.807) is 5.32 Å². The molecule has 174 valence electrons. The van der Waals surface area contributed by atoms with Crippen LogP contribution in [0.5, 0.6) is 5.75 Å². The fourth-order valence-corrected chi connectivity index (χ4v) is 3.59. The van der Waals surface area contributed by atoms with E-state index in [9.17, 15) is 41.7 Å². The molecule has 0 saturated carbocycles. The normalized spacial score (nSPS) is 18.3. The van der Waals surface area contributed by atoms with Crippen LogP contribution >= 0.6 is 0 Å². The zero-order chi connectivity index (χ0) is 24.1. The standard InChI is InChI=1S/C19H18F5N3O5/c1-17(2)12(9-25-16(29)18(20,21)19(22,23)24)15(26-7-3-4-14(26)28)11-8-10(27(30)31)5-6-13(11)32-17/h5-6,8H,3-4,7,9H2,1-2H3,(H,25,29). The Morgan fingerprint density at radius 2 is 1.94 bits per heavy atom. The van der Waals surface area contributed by atoms with E-state index in [1.165, 1.54) is 30.9 Å². The maximum atomic E-state index is 13.4. The third-order valence-corrected chi connectivity index (χ3v) is 5.22. The number of halogens is 5. The van der Waals surface area contributed by atoms with Gasteiger partial charge in [-0.25, -0.2) is 0 Å². The van der Waals surface area contributed by atoms with E-state index in [0.717, 1.165) is 6.07 Å². The highest BCUT2D eigenvalue weighted by molar-refractivity contribution is 5.92. The van der Waals surface area contributed by atoms with Crippen molar-refractivity contribution < 1.29 is 41.2 Å². The fraction of sp³-hybridized carbons (Fsp3) is 0.474. The third-order valence-electron chi connectivity index (χ3n) is 5.22. The average molecular weight is 463 g/mol. The van der Waals surface area contributed by atoms with E-state index in [1.807, 2.05) is 0 Å². The molecule has 0 aliphatic carbocycles. The minimum absolute atomic E-state index is 0.0204. The van der Waals surface area contributed by atoms with Crippen molar-refractivity contribution in [3.8, 4) is 5.75 Å². The number of hydrogen-bond donors (Lipinski definition) is 1. The minimum atomic E-state index is -6.09. The summed E-state index contributed by atoms with van der Waals surface area (Å²) in [4.78, 5) is 35.9. The van der Waals surface area contributed by atoms with Crippen LogP contribution in [0.1, 0.15) is 32.3 Å². The van der Waals surface area contributed by atoms with Gasteiger partial charge in [-0.1, -0.05) is 0 Å². The van der Waals surface area contributed by atoms with E-state index >= 15 is 0 Å². The first-order valence-electron chi connectivity index (χ1n) is 9.41. The Bertz CT molecular complexity index is 1020. The second kappa shape index (κ2) is 7.71. The Morgan fingerprint density at radius 3 is 2.47 bits per heavy atom. The molecule has 0 atom stereocenters. The lowest BCUT2D eigenvalue weighted by molar-refractivity contribution is -0.384. The van der Waals surface area contributed by atoms with Gasteiger partial charge < -0.3 is 15.0 Å². The van der Waals surface area contributed by atoms with E-state index < -0.39 is 35.1 Å². The quantitative estimate of drug-likeness (QED) is 0.410. The van der Waals surface area contributed by atoms with Gasteiger partial charge in [-0.15, -0.1) is 0 Å². The van der Waals surface area contributed by atoms with Gasteiger partial charge in [-0.05, 0) is 26.3 Å². The number of benzene rings is 1. The molecule has 0 spiro atoms. The number of non-ortho nitro benzene ring substituents is 1. The molecule has 1 N–H and O–H groups in total. The van der Waals surface area contributed by atoms with E-state index in [-0.39, 0.29) is 47.1 Å². The van der Waals surface area contributed by atoms with Crippen LogP contribution in [-0.4, -0.2) is 52.4 Å². The molecule has 13 heteroatoms. The molecule has 2 amide bonds. The first kappa shape index (κ1) is 23.4. The maximum absolute atomic E-state index is 13.4. The van der Waals surface area contributed by atoms with Crippen molar-refractivity contribution in [2.45, 2.75) is 44.4 Å². The SMILES string of the molecule is CC1(C)Oc2ccc([N+](=O)[O-])cc2C(N2CCCC2=O)=C1CNC(=O)C(F)(F)C(F)(F)F. The van der Waals surface area contributed by atoms with Crippen molar-refractivity contribution in [2.24, 2.45) is 0 Å². The van der Waals surface area contributed by atoms with E-state index in [4.69, 9.17) is 4.74 Å². The van der Waals surface area contributed by atoms with E-state index in [2.05, 4.69) is 0 Å². The number of hydrogen-bond acceptors (Lipinski definition) is 5. The van der Waals surface area contributed by atoms with Crippen molar-refractivity contribution >= 4 is 23.2 Å². The summed E-state index contributed by atoms with van der Waals surface area (Å²) < 4.78 is 70.2. The summed E-state index contributed by atoms with van der Waals surface area (Å²) in [6.07, 6.45) is -5.49. The zero-order valence-electron chi connectivity index (χ0n) is 16.9. The van der Waals surface area contributed by atoms with Gasteiger partial charge >= 0.3 is 18.0 Å². The largest absolute Gasteiger partial charge is 0.483 e. The van der Waals surface area contributed by atoms with Gasteiger partial charge in [0.25, 0.3) is 5.69 Å². The summed E-state index contributed by atoms with van der Waals surface area (Å²) >= 11 is 0. The molecular weight excluding hydrogens is 445 g/mol. The van der Waals surface area contributed by atoms with Crippen molar-refractivity contribution in [1.29, 1.82) is 0 Å². The highest BCUT2D eigenvalue weighted by atomic mass is 19.4. The summed E-state index contributed by atoms with van der Waals surface area (Å²) in [5.41, 5.74) is -1.49. The molecule has 0 unspecified atom stereocenters. The smallest absolute Gasteiger partial charge is 0.463 e. The summed E-state index contributed by atoms with van der Waals surface area (Å²) in [7, 11) is 0. The van der Waals surface area contributed by atoms with Gasteiger partial charge in [0, 0.05) is 42.8 Å². The number of likely N-dealkylation sites (tertiary alicyclic amines) is 1. The Hall–Kier alpha value is -3.25. The van der Waals surface area contributed by atoms with Gasteiger partial charge in [0.2, 0.25) is 5.91 Å². The lowest BCUT2D eigenvalue weighted by Crippen LogP contribution is -2.52. The topological polar surface area (TPSA) is 102 Å². The molecule has 1 fully saturated rings. The third kappa shape index (κ3) is 3.98. The van der Waals surface area contributed by atoms with Crippen molar-refractivity contribution in [1.82, 2.24) is 10.2 Å². The molecule has 0 radical (unpaired) electrons. The summed E-state index contributed by atoms with van der Waals surface area (Å²) in [5, 5.41) is 12.8. The minimum Gasteiger partial charge on any atom is -0.483 e. The van der Waals surface area contributed by atoms with Crippen LogP contribution in [0.25, 0.3) is 5.70 Å². The number of amides is 2. The molecular formula is C19H18F5N3O5. The number of fused-ring (bicyclic) bond motifs is 1. The van der Waals surface area contributed by atoms with Crippen LogP contribution in [0.2, 0.25) is 0 Å². The first-order valence-corrected chi connectivity index (χ1v) is 9.41. The number of carbonyl (C=O) groups is 2. The molecule has 2 heterocycles. The predicted octanol–water partition coefficient (Wildman–Crippen LogP) is 3.41. The molecule has 0 bridgehead atoms. The highest BCUT2D eigenvalue weighted by Gasteiger charge is 2.63. The van der Waals surface area contributed by atoms with Crippen molar-refractivity contribution in [2.75, 3.05) is 13.1 Å². The Kier molecular flexibility index (Phi) is 5.64.